The van der Waals surface area contributed by atoms with Crippen LogP contribution in [0.4, 0.5) is 0 Å². The first kappa shape index (κ1) is 21.4. The summed E-state index contributed by atoms with van der Waals surface area (Å²) in [6.07, 6.45) is 8.26. The van der Waals surface area contributed by atoms with Gasteiger partial charge in [0.05, 0.1) is 28.4 Å². The fraction of sp³-hybridized carbons (Fsp3) is 0.214. The van der Waals surface area contributed by atoms with Gasteiger partial charge in [0.2, 0.25) is 0 Å². The minimum atomic E-state index is 0.745. The number of rotatable bonds is 5. The van der Waals surface area contributed by atoms with Gasteiger partial charge in [-0.05, 0) is 68.8 Å². The molecule has 8 heteroatoms. The third kappa shape index (κ3) is 3.79. The molecule has 0 atom stereocenters. The number of aromatic nitrogens is 6. The van der Waals surface area contributed by atoms with Gasteiger partial charge in [-0.1, -0.05) is 12.1 Å². The van der Waals surface area contributed by atoms with Crippen molar-refractivity contribution >= 4 is 33.3 Å². The minimum absolute atomic E-state index is 0.745. The first-order chi connectivity index (χ1) is 17.7. The molecule has 1 aliphatic heterocycles. The van der Waals surface area contributed by atoms with E-state index in [1.165, 1.54) is 28.2 Å². The number of para-hydroxylation sites is 1. The van der Waals surface area contributed by atoms with E-state index in [1.54, 1.807) is 11.3 Å². The molecule has 0 saturated carbocycles. The number of H-pyrrole nitrogens is 2. The molecule has 1 fully saturated rings. The zero-order chi connectivity index (χ0) is 24.1. The number of pyridine rings is 2. The van der Waals surface area contributed by atoms with Crippen LogP contribution >= 0.6 is 11.3 Å². The van der Waals surface area contributed by atoms with Gasteiger partial charge in [0.15, 0.2) is 5.82 Å². The van der Waals surface area contributed by atoms with Gasteiger partial charge in [0, 0.05) is 45.2 Å². The molecule has 0 amide bonds. The van der Waals surface area contributed by atoms with E-state index >= 15 is 0 Å². The van der Waals surface area contributed by atoms with Gasteiger partial charge in [-0.15, -0.1) is 11.3 Å². The summed E-state index contributed by atoms with van der Waals surface area (Å²) in [6.45, 7) is 5.39. The molecule has 0 radical (unpaired) electrons. The Morgan fingerprint density at radius 1 is 1.00 bits per heavy atom. The highest BCUT2D eigenvalue weighted by molar-refractivity contribution is 7.15. The van der Waals surface area contributed by atoms with Crippen LogP contribution in [-0.2, 0) is 6.54 Å². The number of imidazole rings is 1. The van der Waals surface area contributed by atoms with Crippen molar-refractivity contribution in [2.45, 2.75) is 26.3 Å². The maximum atomic E-state index is 5.00. The standard InChI is InChI=1S/C28H25N7S/c1-17-7-8-25(36-17)20-5-4-6-22-26(20)32-28(31-22)27-21-12-23(30-15-24(21)33-34-27)19-11-18(13-29-14-19)16-35-9-2-3-10-35/h4-8,11-15H,2-3,9-10,16H2,1H3,(H,31,32)(H,33,34). The Morgan fingerprint density at radius 2 is 1.92 bits per heavy atom. The molecule has 1 saturated heterocycles. The van der Waals surface area contributed by atoms with E-state index in [-0.39, 0.29) is 0 Å². The molecule has 0 spiro atoms. The van der Waals surface area contributed by atoms with Crippen LogP contribution in [0.5, 0.6) is 0 Å². The maximum Gasteiger partial charge on any atom is 0.159 e. The number of hydrogen-bond donors (Lipinski definition) is 2. The molecule has 2 N–H and O–H groups in total. The smallest absolute Gasteiger partial charge is 0.159 e. The number of benzene rings is 1. The monoisotopic (exact) mass is 491 g/mol. The van der Waals surface area contributed by atoms with E-state index in [4.69, 9.17) is 9.97 Å². The number of aryl methyl sites for hydroxylation is 1. The molecule has 5 aromatic heterocycles. The number of nitrogens with one attached hydrogen (secondary N) is 2. The quantitative estimate of drug-likeness (QED) is 0.300. The van der Waals surface area contributed by atoms with E-state index in [9.17, 15) is 0 Å². The van der Waals surface area contributed by atoms with Gasteiger partial charge >= 0.3 is 0 Å². The van der Waals surface area contributed by atoms with Crippen molar-refractivity contribution in [3.8, 4) is 33.2 Å². The molecule has 7 rings (SSSR count). The molecule has 0 unspecified atom stereocenters. The Morgan fingerprint density at radius 3 is 2.78 bits per heavy atom. The first-order valence-electron chi connectivity index (χ1n) is 12.3. The second kappa shape index (κ2) is 8.65. The number of likely N-dealkylation sites (tertiary alicyclic amines) is 1. The lowest BCUT2D eigenvalue weighted by Crippen LogP contribution is -2.18. The van der Waals surface area contributed by atoms with Gasteiger partial charge in [0.25, 0.3) is 0 Å². The van der Waals surface area contributed by atoms with E-state index in [1.807, 2.05) is 18.6 Å². The highest BCUT2D eigenvalue weighted by atomic mass is 32.1. The zero-order valence-electron chi connectivity index (χ0n) is 20.0. The fourth-order valence-corrected chi connectivity index (χ4v) is 5.98. The van der Waals surface area contributed by atoms with Gasteiger partial charge < -0.3 is 4.98 Å². The average Bonchev–Trinajstić information content (AvgIpc) is 3.70. The molecule has 1 aliphatic rings. The van der Waals surface area contributed by atoms with Crippen molar-refractivity contribution in [1.29, 1.82) is 0 Å². The summed E-state index contributed by atoms with van der Waals surface area (Å²) in [5, 5.41) is 8.72. The summed E-state index contributed by atoms with van der Waals surface area (Å²) in [7, 11) is 0. The van der Waals surface area contributed by atoms with Crippen molar-refractivity contribution < 1.29 is 0 Å². The van der Waals surface area contributed by atoms with E-state index in [0.29, 0.717) is 0 Å². The molecule has 6 aromatic rings. The molecular formula is C28H25N7S. The Bertz CT molecular complexity index is 1700. The zero-order valence-corrected chi connectivity index (χ0v) is 20.8. The predicted molar refractivity (Wildman–Crippen MR) is 145 cm³/mol. The highest BCUT2D eigenvalue weighted by Crippen LogP contribution is 2.35. The topological polar surface area (TPSA) is 86.4 Å². The number of thiophene rings is 1. The van der Waals surface area contributed by atoms with Crippen LogP contribution in [0.3, 0.4) is 0 Å². The Labute approximate surface area is 212 Å². The summed E-state index contributed by atoms with van der Waals surface area (Å²) >= 11 is 1.78. The Kier molecular flexibility index (Phi) is 5.15. The second-order valence-corrected chi connectivity index (χ2v) is 10.7. The molecule has 0 bridgehead atoms. The van der Waals surface area contributed by atoms with Crippen LogP contribution in [0, 0.1) is 6.92 Å². The summed E-state index contributed by atoms with van der Waals surface area (Å²) in [4.78, 5) is 22.7. The van der Waals surface area contributed by atoms with Crippen molar-refractivity contribution in [2.24, 2.45) is 0 Å². The van der Waals surface area contributed by atoms with Crippen molar-refractivity contribution in [2.75, 3.05) is 13.1 Å². The maximum absolute atomic E-state index is 5.00. The number of fused-ring (bicyclic) bond motifs is 2. The minimum Gasteiger partial charge on any atom is -0.337 e. The Hall–Kier alpha value is -3.88. The number of hydrogen-bond acceptors (Lipinski definition) is 6. The number of aromatic amines is 2. The van der Waals surface area contributed by atoms with Gasteiger partial charge in [-0.2, -0.15) is 5.10 Å². The molecule has 7 nitrogen and oxygen atoms in total. The molecule has 36 heavy (non-hydrogen) atoms. The third-order valence-electron chi connectivity index (χ3n) is 6.89. The van der Waals surface area contributed by atoms with Crippen LogP contribution in [0.2, 0.25) is 0 Å². The van der Waals surface area contributed by atoms with E-state index in [2.05, 4.69) is 74.5 Å². The lowest BCUT2D eigenvalue weighted by molar-refractivity contribution is 0.331. The molecule has 178 valence electrons. The summed E-state index contributed by atoms with van der Waals surface area (Å²) < 4.78 is 0. The fourth-order valence-electron chi connectivity index (χ4n) is 5.09. The average molecular weight is 492 g/mol. The van der Waals surface area contributed by atoms with E-state index in [0.717, 1.165) is 69.9 Å². The van der Waals surface area contributed by atoms with Gasteiger partial charge in [0.1, 0.15) is 5.69 Å². The molecule has 6 heterocycles. The van der Waals surface area contributed by atoms with Crippen LogP contribution in [-0.4, -0.2) is 48.1 Å². The second-order valence-electron chi connectivity index (χ2n) is 9.45. The lowest BCUT2D eigenvalue weighted by atomic mass is 10.1. The van der Waals surface area contributed by atoms with Crippen LogP contribution in [0.15, 0.2) is 61.1 Å². The van der Waals surface area contributed by atoms with Crippen molar-refractivity contribution in [3.05, 3.63) is 71.5 Å². The SMILES string of the molecule is Cc1ccc(-c2cccc3[nH]c(-c4n[nH]c5cnc(-c6cncc(CN7CCCC7)c6)cc45)nc23)s1. The Balaban J connectivity index is 1.28. The predicted octanol–water partition coefficient (Wildman–Crippen LogP) is 6.20. The van der Waals surface area contributed by atoms with Crippen molar-refractivity contribution in [1.82, 2.24) is 35.0 Å². The largest absolute Gasteiger partial charge is 0.337 e. The van der Waals surface area contributed by atoms with E-state index < -0.39 is 0 Å². The highest BCUT2D eigenvalue weighted by Gasteiger charge is 2.17. The molecular weight excluding hydrogens is 466 g/mol. The molecule has 0 aliphatic carbocycles. The normalized spacial score (nSPS) is 14.4. The summed E-state index contributed by atoms with van der Waals surface area (Å²) in [6, 6.07) is 14.9. The number of nitrogens with zero attached hydrogens (tertiary/aromatic N) is 5. The lowest BCUT2D eigenvalue weighted by Gasteiger charge is -2.14. The van der Waals surface area contributed by atoms with Crippen LogP contribution in [0.1, 0.15) is 23.3 Å². The summed E-state index contributed by atoms with van der Waals surface area (Å²) in [5.41, 5.74) is 7.88. The van der Waals surface area contributed by atoms with Crippen molar-refractivity contribution in [3.63, 3.8) is 0 Å². The first-order valence-corrected chi connectivity index (χ1v) is 13.1. The third-order valence-corrected chi connectivity index (χ3v) is 7.92. The summed E-state index contributed by atoms with van der Waals surface area (Å²) in [5.74, 6) is 0.745. The van der Waals surface area contributed by atoms with Gasteiger partial charge in [-0.25, -0.2) is 4.98 Å². The van der Waals surface area contributed by atoms with Gasteiger partial charge in [-0.3, -0.25) is 20.0 Å². The van der Waals surface area contributed by atoms with Crippen LogP contribution in [0.25, 0.3) is 55.2 Å². The van der Waals surface area contributed by atoms with Crippen LogP contribution < -0.4 is 0 Å². The molecule has 1 aromatic carbocycles.